The van der Waals surface area contributed by atoms with E-state index < -0.39 is 11.9 Å². The van der Waals surface area contributed by atoms with Crippen LogP contribution in [0.4, 0.5) is 4.39 Å². The van der Waals surface area contributed by atoms with Crippen molar-refractivity contribution in [2.24, 2.45) is 0 Å². The zero-order valence-corrected chi connectivity index (χ0v) is 17.9. The fraction of sp³-hybridized carbons (Fsp3) is 0.318. The maximum atomic E-state index is 13.8. The van der Waals surface area contributed by atoms with Crippen molar-refractivity contribution in [2.75, 3.05) is 7.11 Å². The molecule has 1 N–H and O–H groups in total. The molecular formula is C22H23BrFNO4. The van der Waals surface area contributed by atoms with Gasteiger partial charge in [0.15, 0.2) is 0 Å². The van der Waals surface area contributed by atoms with Gasteiger partial charge in [-0.25, -0.2) is 4.39 Å². The van der Waals surface area contributed by atoms with Crippen LogP contribution in [-0.4, -0.2) is 29.0 Å². The Morgan fingerprint density at radius 2 is 1.93 bits per heavy atom. The second-order valence-corrected chi connectivity index (χ2v) is 7.84. The number of ether oxygens (including phenoxy) is 2. The molecule has 0 saturated carbocycles. The van der Waals surface area contributed by atoms with Crippen LogP contribution in [0.5, 0.6) is 5.75 Å². The molecule has 154 valence electrons. The summed E-state index contributed by atoms with van der Waals surface area (Å²) in [5.41, 5.74) is 0.672. The molecule has 0 aliphatic heterocycles. The molecule has 2 atom stereocenters. The van der Waals surface area contributed by atoms with Crippen LogP contribution in [0.3, 0.4) is 0 Å². The molecule has 0 amide bonds. The second-order valence-electron chi connectivity index (χ2n) is 6.99. The number of fused-ring (bicyclic) bond motifs is 1. The summed E-state index contributed by atoms with van der Waals surface area (Å²) in [5, 5.41) is 11.3. The van der Waals surface area contributed by atoms with E-state index in [0.717, 1.165) is 11.3 Å². The summed E-state index contributed by atoms with van der Waals surface area (Å²) in [6, 6.07) is 12.1. The van der Waals surface area contributed by atoms with Crippen molar-refractivity contribution in [1.29, 1.82) is 0 Å². The second kappa shape index (κ2) is 9.52. The predicted octanol–water partition coefficient (Wildman–Crippen LogP) is 4.27. The monoisotopic (exact) mass is 463 g/mol. The molecule has 1 heterocycles. The topological polar surface area (TPSA) is 60.7 Å². The molecule has 1 unspecified atom stereocenters. The minimum atomic E-state index is -0.767. The fourth-order valence-corrected chi connectivity index (χ4v) is 3.50. The molecule has 0 aliphatic rings. The number of halogens is 2. The zero-order chi connectivity index (χ0) is 21.0. The third-order valence-corrected chi connectivity index (χ3v) is 5.33. The molecule has 0 radical (unpaired) electrons. The van der Waals surface area contributed by atoms with Crippen LogP contribution >= 0.6 is 15.9 Å². The average Bonchev–Trinajstić information content (AvgIpc) is 2.70. The molecule has 0 aliphatic carbocycles. The van der Waals surface area contributed by atoms with Gasteiger partial charge >= 0.3 is 0 Å². The summed E-state index contributed by atoms with van der Waals surface area (Å²) in [5.74, 6) is 0.290. The van der Waals surface area contributed by atoms with Crippen molar-refractivity contribution >= 4 is 26.7 Å². The molecular weight excluding hydrogens is 441 g/mol. The Morgan fingerprint density at radius 1 is 1.21 bits per heavy atom. The van der Waals surface area contributed by atoms with Crippen molar-refractivity contribution in [1.82, 2.24) is 4.57 Å². The third kappa shape index (κ3) is 5.44. The first-order valence-electron chi connectivity index (χ1n) is 9.28. The number of methoxy groups -OCH3 is 1. The van der Waals surface area contributed by atoms with E-state index in [9.17, 15) is 14.3 Å². The van der Waals surface area contributed by atoms with Crippen LogP contribution in [-0.2, 0) is 17.9 Å². The van der Waals surface area contributed by atoms with E-state index in [0.29, 0.717) is 22.9 Å². The number of hydrogen-bond acceptors (Lipinski definition) is 4. The van der Waals surface area contributed by atoms with Gasteiger partial charge in [-0.3, -0.25) is 4.79 Å². The van der Waals surface area contributed by atoms with Crippen molar-refractivity contribution in [3.05, 3.63) is 74.9 Å². The van der Waals surface area contributed by atoms with E-state index in [1.807, 2.05) is 31.2 Å². The van der Waals surface area contributed by atoms with E-state index in [4.69, 9.17) is 9.47 Å². The van der Waals surface area contributed by atoms with E-state index in [1.165, 1.54) is 10.6 Å². The first kappa shape index (κ1) is 21.5. The molecule has 7 heteroatoms. The Hall–Kier alpha value is -2.22. The van der Waals surface area contributed by atoms with Gasteiger partial charge < -0.3 is 19.1 Å². The van der Waals surface area contributed by atoms with Gasteiger partial charge in [0.1, 0.15) is 11.6 Å². The largest absolute Gasteiger partial charge is 0.497 e. The van der Waals surface area contributed by atoms with Crippen molar-refractivity contribution in [2.45, 2.75) is 38.7 Å². The van der Waals surface area contributed by atoms with E-state index in [-0.39, 0.29) is 23.6 Å². The fourth-order valence-electron chi connectivity index (χ4n) is 3.13. The highest BCUT2D eigenvalue weighted by Gasteiger charge is 2.14. The molecule has 1 aromatic heterocycles. The lowest BCUT2D eigenvalue weighted by atomic mass is 10.1. The Bertz CT molecular complexity index is 1040. The van der Waals surface area contributed by atoms with Gasteiger partial charge in [-0.15, -0.1) is 0 Å². The number of aromatic nitrogens is 1. The van der Waals surface area contributed by atoms with E-state index >= 15 is 0 Å². The van der Waals surface area contributed by atoms with Gasteiger partial charge in [-0.05, 0) is 64.1 Å². The molecule has 2 aromatic carbocycles. The summed E-state index contributed by atoms with van der Waals surface area (Å²) in [6.07, 6.45) is 1.02. The maximum Gasteiger partial charge on any atom is 0.258 e. The van der Waals surface area contributed by atoms with Crippen molar-refractivity contribution in [3.63, 3.8) is 0 Å². The first-order chi connectivity index (χ1) is 13.9. The number of benzene rings is 2. The normalized spacial score (nSPS) is 13.4. The maximum absolute atomic E-state index is 13.8. The molecule has 29 heavy (non-hydrogen) atoms. The first-order valence-corrected chi connectivity index (χ1v) is 10.1. The van der Waals surface area contributed by atoms with Crippen molar-refractivity contribution < 1.29 is 19.0 Å². The predicted molar refractivity (Wildman–Crippen MR) is 114 cm³/mol. The van der Waals surface area contributed by atoms with E-state index in [1.54, 1.807) is 25.4 Å². The average molecular weight is 464 g/mol. The number of pyridine rings is 1. The van der Waals surface area contributed by atoms with Gasteiger partial charge in [0.05, 0.1) is 42.3 Å². The Kier molecular flexibility index (Phi) is 7.05. The summed E-state index contributed by atoms with van der Waals surface area (Å²) in [7, 11) is 1.62. The molecule has 0 spiro atoms. The van der Waals surface area contributed by atoms with Crippen LogP contribution in [0.25, 0.3) is 10.8 Å². The zero-order valence-electron chi connectivity index (χ0n) is 16.3. The van der Waals surface area contributed by atoms with Crippen LogP contribution in [0.15, 0.2) is 57.9 Å². The smallest absolute Gasteiger partial charge is 0.258 e. The SMILES string of the molecule is COc1ccc(CO[C@@H](C)CC(O)Cn2ccc3cc(Br)c(F)cc3c2=O)cc1. The lowest BCUT2D eigenvalue weighted by Crippen LogP contribution is -2.29. The molecule has 0 bridgehead atoms. The number of aliphatic hydroxyl groups is 1. The third-order valence-electron chi connectivity index (χ3n) is 4.72. The highest BCUT2D eigenvalue weighted by molar-refractivity contribution is 9.10. The highest BCUT2D eigenvalue weighted by Crippen LogP contribution is 2.21. The Morgan fingerprint density at radius 3 is 2.62 bits per heavy atom. The van der Waals surface area contributed by atoms with Gasteiger partial charge in [-0.2, -0.15) is 0 Å². The Labute approximate surface area is 176 Å². The molecule has 3 rings (SSSR count). The summed E-state index contributed by atoms with van der Waals surface area (Å²) in [6.45, 7) is 2.41. The van der Waals surface area contributed by atoms with Gasteiger partial charge in [0.2, 0.25) is 0 Å². The minimum Gasteiger partial charge on any atom is -0.497 e. The number of rotatable bonds is 8. The molecule has 0 saturated heterocycles. The van der Waals surface area contributed by atoms with Crippen LogP contribution in [0, 0.1) is 5.82 Å². The number of aliphatic hydroxyl groups excluding tert-OH is 1. The van der Waals surface area contributed by atoms with Gasteiger partial charge in [0.25, 0.3) is 5.56 Å². The number of hydrogen-bond donors (Lipinski definition) is 1. The molecule has 5 nitrogen and oxygen atoms in total. The molecule has 3 aromatic rings. The highest BCUT2D eigenvalue weighted by atomic mass is 79.9. The quantitative estimate of drug-likeness (QED) is 0.541. The summed E-state index contributed by atoms with van der Waals surface area (Å²) in [4.78, 5) is 12.6. The Balaban J connectivity index is 1.59. The van der Waals surface area contributed by atoms with Crippen molar-refractivity contribution in [3.8, 4) is 5.75 Å². The minimum absolute atomic E-state index is 0.114. The summed E-state index contributed by atoms with van der Waals surface area (Å²) >= 11 is 3.12. The van der Waals surface area contributed by atoms with Gasteiger partial charge in [-0.1, -0.05) is 12.1 Å². The number of nitrogens with zero attached hydrogens (tertiary/aromatic N) is 1. The van der Waals surface area contributed by atoms with Crippen LogP contribution in [0.1, 0.15) is 18.9 Å². The lowest BCUT2D eigenvalue weighted by Gasteiger charge is -2.18. The standard InChI is InChI=1S/C22H23BrFNO4/c1-14(29-13-15-3-5-18(28-2)6-4-15)9-17(26)12-25-8-7-16-10-20(23)21(24)11-19(16)22(25)27/h3-8,10-11,14,17,26H,9,12-13H2,1-2H3/t14-,17?/m0/s1. The lowest BCUT2D eigenvalue weighted by molar-refractivity contribution is 0.0105. The van der Waals surface area contributed by atoms with Crippen LogP contribution in [0.2, 0.25) is 0 Å². The molecule has 0 fully saturated rings. The summed E-state index contributed by atoms with van der Waals surface area (Å²) < 4.78 is 26.4. The van der Waals surface area contributed by atoms with Gasteiger partial charge in [0, 0.05) is 12.6 Å². The van der Waals surface area contributed by atoms with E-state index in [2.05, 4.69) is 15.9 Å². The van der Waals surface area contributed by atoms with Crippen LogP contribution < -0.4 is 10.3 Å².